The second-order valence-electron chi connectivity index (χ2n) is 3.02. The zero-order valence-corrected chi connectivity index (χ0v) is 8.78. The van der Waals surface area contributed by atoms with Gasteiger partial charge in [-0.05, 0) is 43.4 Å². The van der Waals surface area contributed by atoms with E-state index in [1.54, 1.807) is 19.9 Å². The van der Waals surface area contributed by atoms with Gasteiger partial charge >= 0.3 is 0 Å². The average Bonchev–Trinajstić information content (AvgIpc) is 2.08. The van der Waals surface area contributed by atoms with Gasteiger partial charge in [0.15, 0.2) is 0 Å². The van der Waals surface area contributed by atoms with Crippen molar-refractivity contribution in [1.82, 2.24) is 0 Å². The van der Waals surface area contributed by atoms with Gasteiger partial charge in [0.1, 0.15) is 5.82 Å². The fraction of sp³-hybridized carbons (Fsp3) is 0.400. The Balaban J connectivity index is 3.25. The Morgan fingerprint density at radius 1 is 1.46 bits per heavy atom. The SMILES string of the molecule is CSc1cc(C)c(F)cc1[C@H](C)O. The molecule has 0 bridgehead atoms. The van der Waals surface area contributed by atoms with Gasteiger partial charge in [-0.2, -0.15) is 0 Å². The Bertz CT molecular complexity index is 310. The number of rotatable bonds is 2. The number of benzene rings is 1. The summed E-state index contributed by atoms with van der Waals surface area (Å²) in [5.41, 5.74) is 1.28. The van der Waals surface area contributed by atoms with Gasteiger partial charge in [-0.1, -0.05) is 0 Å². The van der Waals surface area contributed by atoms with Crippen molar-refractivity contribution >= 4 is 11.8 Å². The van der Waals surface area contributed by atoms with Crippen molar-refractivity contribution in [3.8, 4) is 0 Å². The Kier molecular flexibility index (Phi) is 3.33. The normalized spacial score (nSPS) is 13.0. The first-order valence-corrected chi connectivity index (χ1v) is 5.31. The van der Waals surface area contributed by atoms with Crippen LogP contribution in [0.3, 0.4) is 0 Å². The largest absolute Gasteiger partial charge is 0.389 e. The first kappa shape index (κ1) is 10.5. The first-order valence-electron chi connectivity index (χ1n) is 4.08. The highest BCUT2D eigenvalue weighted by Crippen LogP contribution is 2.28. The molecule has 0 aromatic heterocycles. The molecule has 0 aliphatic rings. The van der Waals surface area contributed by atoms with Crippen molar-refractivity contribution in [3.05, 3.63) is 29.1 Å². The van der Waals surface area contributed by atoms with E-state index in [9.17, 15) is 9.50 Å². The third kappa shape index (κ3) is 2.23. The molecule has 0 fully saturated rings. The molecule has 0 saturated carbocycles. The number of halogens is 1. The van der Waals surface area contributed by atoms with E-state index in [-0.39, 0.29) is 5.82 Å². The van der Waals surface area contributed by atoms with Gasteiger partial charge in [0.2, 0.25) is 0 Å². The minimum Gasteiger partial charge on any atom is -0.389 e. The van der Waals surface area contributed by atoms with Crippen molar-refractivity contribution in [3.63, 3.8) is 0 Å². The van der Waals surface area contributed by atoms with Gasteiger partial charge in [0.05, 0.1) is 6.10 Å². The molecule has 1 nitrogen and oxygen atoms in total. The number of thioether (sulfide) groups is 1. The van der Waals surface area contributed by atoms with E-state index in [2.05, 4.69) is 0 Å². The summed E-state index contributed by atoms with van der Waals surface area (Å²) in [6, 6.07) is 3.17. The number of aliphatic hydroxyl groups is 1. The molecule has 13 heavy (non-hydrogen) atoms. The molecule has 1 aromatic carbocycles. The molecule has 1 N–H and O–H groups in total. The van der Waals surface area contributed by atoms with E-state index < -0.39 is 6.10 Å². The summed E-state index contributed by atoms with van der Waals surface area (Å²) in [4.78, 5) is 0.939. The maximum atomic E-state index is 13.1. The van der Waals surface area contributed by atoms with E-state index in [1.807, 2.05) is 6.26 Å². The highest BCUT2D eigenvalue weighted by Gasteiger charge is 2.10. The maximum absolute atomic E-state index is 13.1. The molecule has 0 aliphatic heterocycles. The molecule has 0 saturated heterocycles. The summed E-state index contributed by atoms with van der Waals surface area (Å²) in [6.07, 6.45) is 1.30. The molecule has 0 amide bonds. The zero-order chi connectivity index (χ0) is 10.0. The van der Waals surface area contributed by atoms with E-state index >= 15 is 0 Å². The summed E-state index contributed by atoms with van der Waals surface area (Å²) in [6.45, 7) is 3.37. The Hall–Kier alpha value is -0.540. The van der Waals surface area contributed by atoms with Crippen LogP contribution in [0.15, 0.2) is 17.0 Å². The van der Waals surface area contributed by atoms with Gasteiger partial charge in [0, 0.05) is 4.90 Å². The summed E-state index contributed by atoms with van der Waals surface area (Å²) >= 11 is 1.52. The Morgan fingerprint density at radius 3 is 2.54 bits per heavy atom. The number of aliphatic hydroxyl groups excluding tert-OH is 1. The lowest BCUT2D eigenvalue weighted by molar-refractivity contribution is 0.196. The van der Waals surface area contributed by atoms with Crippen LogP contribution in [0.5, 0.6) is 0 Å². The summed E-state index contributed by atoms with van der Waals surface area (Å²) in [5, 5.41) is 9.37. The van der Waals surface area contributed by atoms with Crippen LogP contribution in [0.1, 0.15) is 24.2 Å². The van der Waals surface area contributed by atoms with Gasteiger partial charge in [0.25, 0.3) is 0 Å². The lowest BCUT2D eigenvalue weighted by Gasteiger charge is -2.11. The molecule has 72 valence electrons. The van der Waals surface area contributed by atoms with Crippen LogP contribution < -0.4 is 0 Å². The zero-order valence-electron chi connectivity index (χ0n) is 7.97. The molecule has 0 radical (unpaired) electrons. The molecular weight excluding hydrogens is 187 g/mol. The molecule has 1 aromatic rings. The van der Waals surface area contributed by atoms with Crippen LogP contribution in [0.25, 0.3) is 0 Å². The predicted octanol–water partition coefficient (Wildman–Crippen LogP) is 2.91. The van der Waals surface area contributed by atoms with E-state index in [4.69, 9.17) is 0 Å². The van der Waals surface area contributed by atoms with Crippen molar-refractivity contribution in [2.24, 2.45) is 0 Å². The smallest absolute Gasteiger partial charge is 0.126 e. The third-order valence-corrected chi connectivity index (χ3v) is 2.75. The Labute approximate surface area is 82.0 Å². The molecule has 0 unspecified atom stereocenters. The topological polar surface area (TPSA) is 20.2 Å². The number of aryl methyl sites for hydroxylation is 1. The van der Waals surface area contributed by atoms with Gasteiger partial charge in [-0.25, -0.2) is 4.39 Å². The monoisotopic (exact) mass is 200 g/mol. The average molecular weight is 200 g/mol. The summed E-state index contributed by atoms with van der Waals surface area (Å²) in [5.74, 6) is -0.256. The second-order valence-corrected chi connectivity index (χ2v) is 3.87. The van der Waals surface area contributed by atoms with Crippen molar-refractivity contribution in [1.29, 1.82) is 0 Å². The molecule has 1 atom stereocenters. The van der Waals surface area contributed by atoms with Crippen LogP contribution in [0, 0.1) is 12.7 Å². The highest BCUT2D eigenvalue weighted by molar-refractivity contribution is 7.98. The molecule has 1 rings (SSSR count). The van der Waals surface area contributed by atoms with Crippen LogP contribution in [-0.2, 0) is 0 Å². The van der Waals surface area contributed by atoms with E-state index in [0.717, 1.165) is 4.90 Å². The van der Waals surface area contributed by atoms with Crippen LogP contribution in [0.2, 0.25) is 0 Å². The minimum absolute atomic E-state index is 0.256. The van der Waals surface area contributed by atoms with Gasteiger partial charge in [-0.3, -0.25) is 0 Å². The fourth-order valence-corrected chi connectivity index (χ4v) is 1.93. The standard InChI is InChI=1S/C10H13FOS/c1-6-4-10(13-3)8(7(2)12)5-9(6)11/h4-5,7,12H,1-3H3/t7-/m0/s1. The first-order chi connectivity index (χ1) is 6.06. The van der Waals surface area contributed by atoms with Crippen LogP contribution in [-0.4, -0.2) is 11.4 Å². The molecule has 0 aliphatic carbocycles. The van der Waals surface area contributed by atoms with Crippen molar-refractivity contribution < 1.29 is 9.50 Å². The molecule has 0 heterocycles. The van der Waals surface area contributed by atoms with Crippen molar-refractivity contribution in [2.75, 3.05) is 6.26 Å². The van der Waals surface area contributed by atoms with Crippen LogP contribution >= 0.6 is 11.8 Å². The number of hydrogen-bond acceptors (Lipinski definition) is 2. The predicted molar refractivity (Wildman–Crippen MR) is 53.6 cm³/mol. The summed E-state index contributed by atoms with van der Waals surface area (Å²) in [7, 11) is 0. The lowest BCUT2D eigenvalue weighted by atomic mass is 10.1. The quantitative estimate of drug-likeness (QED) is 0.741. The fourth-order valence-electron chi connectivity index (χ4n) is 1.17. The van der Waals surface area contributed by atoms with E-state index in [0.29, 0.717) is 11.1 Å². The molecular formula is C10H13FOS. The van der Waals surface area contributed by atoms with Gasteiger partial charge < -0.3 is 5.11 Å². The highest BCUT2D eigenvalue weighted by atomic mass is 32.2. The maximum Gasteiger partial charge on any atom is 0.126 e. The second kappa shape index (κ2) is 4.11. The Morgan fingerprint density at radius 2 is 2.08 bits per heavy atom. The summed E-state index contributed by atoms with van der Waals surface area (Å²) < 4.78 is 13.1. The van der Waals surface area contributed by atoms with Crippen molar-refractivity contribution in [2.45, 2.75) is 24.8 Å². The lowest BCUT2D eigenvalue weighted by Crippen LogP contribution is -1.96. The van der Waals surface area contributed by atoms with Crippen LogP contribution in [0.4, 0.5) is 4.39 Å². The molecule has 3 heteroatoms. The van der Waals surface area contributed by atoms with E-state index in [1.165, 1.54) is 17.8 Å². The third-order valence-electron chi connectivity index (χ3n) is 1.96. The van der Waals surface area contributed by atoms with Gasteiger partial charge in [-0.15, -0.1) is 11.8 Å². The number of hydrogen-bond donors (Lipinski definition) is 1. The minimum atomic E-state index is -0.613. The molecule has 0 spiro atoms.